The minimum Gasteiger partial charge on any atom is -0.494 e. The molecule has 0 saturated carbocycles. The van der Waals surface area contributed by atoms with Gasteiger partial charge in [0.15, 0.2) is 0 Å². The van der Waals surface area contributed by atoms with Gasteiger partial charge in [0.05, 0.1) is 24.8 Å². The molecule has 3 N–H and O–H groups in total. The summed E-state index contributed by atoms with van der Waals surface area (Å²) in [6.45, 7) is 0.469. The number of halogens is 4. The van der Waals surface area contributed by atoms with Gasteiger partial charge in [0.2, 0.25) is 5.60 Å². The molecule has 0 saturated heterocycles. The highest BCUT2D eigenvalue weighted by molar-refractivity contribution is 5.99. The summed E-state index contributed by atoms with van der Waals surface area (Å²) in [5.74, 6) is -0.605. The van der Waals surface area contributed by atoms with Crippen LogP contribution in [0.4, 0.5) is 17.6 Å². The SMILES string of the molecule is COc1cc(C(=O)NCC(O)(c2cc3c(c(-c4ccc(F)cc4)n2)OC[C@]3(C)c2ncc[nH]2)C(F)(F)F)cc2cccnc12. The standard InChI is InChI=1S/C31H25F4N5O4/c1-29(28-37-10-11-38-28)16-44-26-21(29)14-23(40-25(26)17-5-7-20(32)8-6-17)30(42,31(33,34)35)15-39-27(41)19-12-18-4-3-9-36-24(18)22(13-19)43-2/h3-14,42H,15-16H2,1-2H3,(H,37,38)(H,39,41)/t29-,30?/m0/s1. The molecule has 1 aliphatic heterocycles. The summed E-state index contributed by atoms with van der Waals surface area (Å²) in [5, 5.41) is 14.1. The third-order valence-corrected chi connectivity index (χ3v) is 7.76. The molecular weight excluding hydrogens is 582 g/mol. The Morgan fingerprint density at radius 3 is 2.59 bits per heavy atom. The molecule has 4 heterocycles. The number of nitrogens with zero attached hydrogens (tertiary/aromatic N) is 3. The van der Waals surface area contributed by atoms with Gasteiger partial charge in [-0.05, 0) is 55.5 Å². The first-order valence-electron chi connectivity index (χ1n) is 13.4. The molecule has 1 amide bonds. The van der Waals surface area contributed by atoms with Gasteiger partial charge in [0.1, 0.15) is 41.0 Å². The van der Waals surface area contributed by atoms with Crippen LogP contribution in [0.5, 0.6) is 11.5 Å². The number of fused-ring (bicyclic) bond motifs is 2. The summed E-state index contributed by atoms with van der Waals surface area (Å²) >= 11 is 0. The van der Waals surface area contributed by atoms with Crippen LogP contribution in [0.15, 0.2) is 73.2 Å². The lowest BCUT2D eigenvalue weighted by atomic mass is 9.81. The van der Waals surface area contributed by atoms with E-state index >= 15 is 0 Å². The highest BCUT2D eigenvalue weighted by Gasteiger charge is 2.57. The highest BCUT2D eigenvalue weighted by Crippen LogP contribution is 2.49. The van der Waals surface area contributed by atoms with E-state index in [4.69, 9.17) is 9.47 Å². The van der Waals surface area contributed by atoms with Gasteiger partial charge in [-0.3, -0.25) is 9.78 Å². The maximum atomic E-state index is 14.8. The van der Waals surface area contributed by atoms with E-state index in [-0.39, 0.29) is 40.5 Å². The fourth-order valence-electron chi connectivity index (χ4n) is 5.25. The van der Waals surface area contributed by atoms with E-state index in [0.29, 0.717) is 16.7 Å². The lowest BCUT2D eigenvalue weighted by Gasteiger charge is -2.31. The van der Waals surface area contributed by atoms with Crippen molar-refractivity contribution in [2.75, 3.05) is 20.3 Å². The Morgan fingerprint density at radius 1 is 1.14 bits per heavy atom. The van der Waals surface area contributed by atoms with Gasteiger partial charge < -0.3 is 24.9 Å². The van der Waals surface area contributed by atoms with Crippen molar-refractivity contribution < 1.29 is 36.9 Å². The third kappa shape index (κ3) is 4.78. The van der Waals surface area contributed by atoms with Crippen LogP contribution in [0.2, 0.25) is 0 Å². The van der Waals surface area contributed by atoms with Crippen LogP contribution in [0.25, 0.3) is 22.2 Å². The number of H-pyrrole nitrogens is 1. The number of aliphatic hydroxyl groups is 1. The summed E-state index contributed by atoms with van der Waals surface area (Å²) in [4.78, 5) is 28.9. The molecule has 6 rings (SSSR count). The van der Waals surface area contributed by atoms with E-state index in [1.54, 1.807) is 31.5 Å². The zero-order chi connectivity index (χ0) is 31.3. The number of rotatable bonds is 7. The lowest BCUT2D eigenvalue weighted by Crippen LogP contribution is -2.51. The molecule has 226 valence electrons. The number of aromatic amines is 1. The monoisotopic (exact) mass is 607 g/mol. The Kier molecular flexibility index (Phi) is 7.00. The topological polar surface area (TPSA) is 122 Å². The van der Waals surface area contributed by atoms with Crippen molar-refractivity contribution in [1.82, 2.24) is 25.3 Å². The molecule has 0 radical (unpaired) electrons. The molecule has 44 heavy (non-hydrogen) atoms. The molecule has 0 fully saturated rings. The van der Waals surface area contributed by atoms with Gasteiger partial charge in [0.25, 0.3) is 5.91 Å². The number of hydrogen-bond donors (Lipinski definition) is 3. The van der Waals surface area contributed by atoms with Crippen molar-refractivity contribution in [3.8, 4) is 22.8 Å². The van der Waals surface area contributed by atoms with Crippen LogP contribution in [0.1, 0.15) is 34.4 Å². The molecule has 2 atom stereocenters. The fourth-order valence-corrected chi connectivity index (χ4v) is 5.25. The van der Waals surface area contributed by atoms with Crippen LogP contribution < -0.4 is 14.8 Å². The van der Waals surface area contributed by atoms with Crippen LogP contribution in [-0.2, 0) is 11.0 Å². The fraction of sp³-hybridized carbons (Fsp3) is 0.226. The van der Waals surface area contributed by atoms with Crippen molar-refractivity contribution in [3.05, 3.63) is 102 Å². The first kappa shape index (κ1) is 29.1. The molecule has 0 bridgehead atoms. The van der Waals surface area contributed by atoms with E-state index in [0.717, 1.165) is 18.2 Å². The van der Waals surface area contributed by atoms with Crippen LogP contribution in [0, 0.1) is 5.82 Å². The smallest absolute Gasteiger partial charge is 0.424 e. The molecule has 2 aromatic carbocycles. The maximum absolute atomic E-state index is 14.8. The van der Waals surface area contributed by atoms with E-state index in [9.17, 15) is 27.5 Å². The molecule has 9 nitrogen and oxygen atoms in total. The second kappa shape index (κ2) is 10.6. The van der Waals surface area contributed by atoms with Crippen LogP contribution in [-0.4, -0.2) is 57.4 Å². The van der Waals surface area contributed by atoms with Gasteiger partial charge in [-0.25, -0.2) is 14.4 Å². The van der Waals surface area contributed by atoms with Crippen molar-refractivity contribution in [2.45, 2.75) is 24.1 Å². The van der Waals surface area contributed by atoms with Gasteiger partial charge >= 0.3 is 6.18 Å². The first-order valence-corrected chi connectivity index (χ1v) is 13.4. The van der Waals surface area contributed by atoms with E-state index in [2.05, 4.69) is 25.3 Å². The van der Waals surface area contributed by atoms with Gasteiger partial charge in [0, 0.05) is 40.7 Å². The average molecular weight is 608 g/mol. The van der Waals surface area contributed by atoms with E-state index in [1.165, 1.54) is 37.6 Å². The quantitative estimate of drug-likeness (QED) is 0.222. The summed E-state index contributed by atoms with van der Waals surface area (Å²) in [6.07, 6.45) is -0.672. The number of imidazole rings is 1. The highest BCUT2D eigenvalue weighted by atomic mass is 19.4. The summed E-state index contributed by atoms with van der Waals surface area (Å²) in [6, 6.07) is 12.2. The number of hydrogen-bond acceptors (Lipinski definition) is 7. The zero-order valence-electron chi connectivity index (χ0n) is 23.4. The Balaban J connectivity index is 1.44. The summed E-state index contributed by atoms with van der Waals surface area (Å²) in [7, 11) is 1.38. The Bertz CT molecular complexity index is 1860. The van der Waals surface area contributed by atoms with Crippen molar-refractivity contribution in [1.29, 1.82) is 0 Å². The number of nitrogens with one attached hydrogen (secondary N) is 2. The van der Waals surface area contributed by atoms with Crippen LogP contribution >= 0.6 is 0 Å². The number of amides is 1. The zero-order valence-corrected chi connectivity index (χ0v) is 23.4. The minimum atomic E-state index is -5.28. The number of carbonyl (C=O) groups excluding carboxylic acids is 1. The van der Waals surface area contributed by atoms with Crippen molar-refractivity contribution >= 4 is 16.8 Å². The molecule has 3 aromatic heterocycles. The summed E-state index contributed by atoms with van der Waals surface area (Å²) in [5.41, 5.74) is -4.50. The van der Waals surface area contributed by atoms with Gasteiger partial charge in [-0.2, -0.15) is 13.2 Å². The largest absolute Gasteiger partial charge is 0.494 e. The summed E-state index contributed by atoms with van der Waals surface area (Å²) < 4.78 is 69.4. The number of alkyl halides is 3. The maximum Gasteiger partial charge on any atom is 0.424 e. The second-order valence-electron chi connectivity index (χ2n) is 10.6. The number of aromatic nitrogens is 4. The van der Waals surface area contributed by atoms with E-state index < -0.39 is 41.2 Å². The van der Waals surface area contributed by atoms with Gasteiger partial charge in [-0.15, -0.1) is 0 Å². The normalized spacial score (nSPS) is 17.5. The Hall–Kier alpha value is -5.04. The second-order valence-corrected chi connectivity index (χ2v) is 10.6. The van der Waals surface area contributed by atoms with Gasteiger partial charge in [-0.1, -0.05) is 6.07 Å². The van der Waals surface area contributed by atoms with E-state index in [1.807, 2.05) is 0 Å². The molecule has 1 aliphatic rings. The number of methoxy groups -OCH3 is 1. The first-order chi connectivity index (χ1) is 20.9. The number of pyridine rings is 2. The molecule has 0 aliphatic carbocycles. The number of ether oxygens (including phenoxy) is 2. The third-order valence-electron chi connectivity index (χ3n) is 7.76. The van der Waals surface area contributed by atoms with Crippen molar-refractivity contribution in [3.63, 3.8) is 0 Å². The molecule has 13 heteroatoms. The van der Waals surface area contributed by atoms with Crippen LogP contribution in [0.3, 0.4) is 0 Å². The molecular formula is C31H25F4N5O4. The average Bonchev–Trinajstić information content (AvgIpc) is 3.68. The predicted octanol–water partition coefficient (Wildman–Crippen LogP) is 5.05. The number of benzene rings is 2. The molecule has 0 spiro atoms. The van der Waals surface area contributed by atoms with Crippen molar-refractivity contribution in [2.24, 2.45) is 0 Å². The minimum absolute atomic E-state index is 0.000386. The molecule has 5 aromatic rings. The predicted molar refractivity (Wildman–Crippen MR) is 151 cm³/mol. The molecule has 1 unspecified atom stereocenters. The number of carbonyl (C=O) groups is 1. The Morgan fingerprint density at radius 2 is 1.91 bits per heavy atom. The lowest BCUT2D eigenvalue weighted by molar-refractivity contribution is -0.265. The Labute approximate surface area is 247 Å².